The van der Waals surface area contributed by atoms with Crippen molar-refractivity contribution in [2.45, 2.75) is 34.6 Å². The molecule has 3 atom stereocenters. The first-order chi connectivity index (χ1) is 8.72. The predicted molar refractivity (Wildman–Crippen MR) is 60.6 cm³/mol. The second-order valence-corrected chi connectivity index (χ2v) is 14.3. The second-order valence-electron chi connectivity index (χ2n) is 5.22. The summed E-state index contributed by atoms with van der Waals surface area (Å²) in [5, 5.41) is 48.5. The number of rotatable bonds is 0. The van der Waals surface area contributed by atoms with Crippen molar-refractivity contribution >= 4 is 0 Å². The minimum atomic E-state index is -6.59. The fourth-order valence-corrected chi connectivity index (χ4v) is 11.9. The van der Waals surface area contributed by atoms with Gasteiger partial charge in [0, 0.05) is 0 Å². The average molecular weight is 298 g/mol. The number of hydrogen-bond donors (Lipinski definition) is 2. The molecule has 0 amide bonds. The van der Waals surface area contributed by atoms with E-state index in [9.17, 15) is 26.3 Å². The van der Waals surface area contributed by atoms with Gasteiger partial charge < -0.3 is 0 Å². The van der Waals surface area contributed by atoms with Crippen LogP contribution in [0.2, 0.25) is 4.82 Å². The van der Waals surface area contributed by atoms with Crippen molar-refractivity contribution in [1.82, 2.24) is 0 Å². The third-order valence-electron chi connectivity index (χ3n) is 4.82. The molecule has 1 heterocycles. The first-order valence-electron chi connectivity index (χ1n) is 5.37. The van der Waals surface area contributed by atoms with Gasteiger partial charge in [-0.1, -0.05) is 0 Å². The Morgan fingerprint density at radius 2 is 1.37 bits per heavy atom. The molecular formula is C11H12FeN7. The van der Waals surface area contributed by atoms with Crippen LogP contribution in [0, 0.1) is 51.1 Å². The molecule has 4 N–H and O–H groups in total. The van der Waals surface area contributed by atoms with E-state index in [0.717, 1.165) is 0 Å². The number of fused-ring (bicyclic) bond motifs is 1. The molecule has 8 heteroatoms. The summed E-state index contributed by atoms with van der Waals surface area (Å²) in [6.45, 7) is 0. The molecule has 1 aliphatic heterocycles. The Balaban J connectivity index is 3.14. The molecule has 99 valence electrons. The zero-order valence-electron chi connectivity index (χ0n) is 10.0. The van der Waals surface area contributed by atoms with Gasteiger partial charge in [-0.25, -0.2) is 0 Å². The van der Waals surface area contributed by atoms with Gasteiger partial charge in [0.15, 0.2) is 0 Å². The van der Waals surface area contributed by atoms with Crippen molar-refractivity contribution in [2.75, 3.05) is 0 Å². The summed E-state index contributed by atoms with van der Waals surface area (Å²) in [6.07, 6.45) is 0.543. The molecule has 1 saturated carbocycles. The Morgan fingerprint density at radius 1 is 0.947 bits per heavy atom. The summed E-state index contributed by atoms with van der Waals surface area (Å²) in [7, 11) is -6.59. The minimum absolute atomic E-state index is 0.0721. The van der Waals surface area contributed by atoms with Gasteiger partial charge in [0.1, 0.15) is 0 Å². The Bertz CT molecular complexity index is 647. The average Bonchev–Trinajstić information content (AvgIpc) is 2.89. The molecule has 0 aromatic rings. The molecule has 1 saturated heterocycles. The van der Waals surface area contributed by atoms with Crippen LogP contribution in [0.1, 0.15) is 19.3 Å². The second kappa shape index (κ2) is 2.33. The van der Waals surface area contributed by atoms with Crippen molar-refractivity contribution in [1.29, 1.82) is 26.3 Å². The van der Waals surface area contributed by atoms with E-state index < -0.39 is 18.9 Å². The zero-order valence-corrected chi connectivity index (χ0v) is 11.1. The van der Waals surface area contributed by atoms with E-state index in [4.69, 9.17) is 11.5 Å². The number of nitrogens with two attached hydrogens (primary N) is 2. The molecule has 2 aliphatic rings. The Morgan fingerprint density at radius 3 is 1.68 bits per heavy atom. The molecule has 7 nitrogen and oxygen atoms in total. The summed E-state index contributed by atoms with van der Waals surface area (Å²) < 4.78 is -1.67. The van der Waals surface area contributed by atoms with Crippen molar-refractivity contribution in [3.8, 4) is 24.8 Å². The fraction of sp³-hybridized carbons (Fsp3) is 0.545. The molecule has 19 heavy (non-hydrogen) atoms. The van der Waals surface area contributed by atoms with Crippen LogP contribution < -0.4 is 11.5 Å². The molecule has 1 aliphatic carbocycles. The maximum absolute atomic E-state index is 9.69. The molecule has 0 aromatic carbocycles. The van der Waals surface area contributed by atoms with Crippen LogP contribution in [0.25, 0.3) is 0 Å². The van der Waals surface area contributed by atoms with Crippen LogP contribution in [0.3, 0.4) is 0 Å². The van der Waals surface area contributed by atoms with Gasteiger partial charge >= 0.3 is 107 Å². The van der Waals surface area contributed by atoms with Crippen LogP contribution in [-0.2, 0) is 9.68 Å². The molecule has 0 bridgehead atoms. The van der Waals surface area contributed by atoms with Gasteiger partial charge in [0.25, 0.3) is 0 Å². The van der Waals surface area contributed by atoms with Crippen LogP contribution in [-0.4, -0.2) is 10.5 Å². The molecule has 0 radical (unpaired) electrons. The van der Waals surface area contributed by atoms with E-state index in [-0.39, 0.29) is 18.9 Å². The topological polar surface area (TPSA) is 171 Å². The fourth-order valence-electron chi connectivity index (χ4n) is 3.27. The van der Waals surface area contributed by atoms with Crippen molar-refractivity contribution in [3.05, 3.63) is 0 Å². The van der Waals surface area contributed by atoms with Gasteiger partial charge in [-0.3, -0.25) is 0 Å². The normalized spacial score (nSPS) is 47.5. The number of nitrogens with zero attached hydrogens (tertiary/aromatic N) is 5. The molecule has 2 rings (SSSR count). The van der Waals surface area contributed by atoms with Gasteiger partial charge in [-0.2, -0.15) is 0 Å². The third-order valence-corrected chi connectivity index (χ3v) is 15.2. The molecule has 0 spiro atoms. The standard InChI is InChI=1S/C6H12N2.5CN.Fe/c7-5-1-2-6(8)4-3-5;5*1-2;/h1,6H,2-4,7-8H2;;;;;;. The van der Waals surface area contributed by atoms with Crippen molar-refractivity contribution < 1.29 is 9.68 Å². The number of nitriles is 5. The van der Waals surface area contributed by atoms with Gasteiger partial charge in [0.2, 0.25) is 0 Å². The van der Waals surface area contributed by atoms with E-state index in [1.165, 1.54) is 0 Å². The zero-order chi connectivity index (χ0) is 14.7. The van der Waals surface area contributed by atoms with E-state index in [1.807, 2.05) is 0 Å². The van der Waals surface area contributed by atoms with E-state index in [2.05, 4.69) is 0 Å². The summed E-state index contributed by atoms with van der Waals surface area (Å²) in [4.78, 5) is 7.00. The van der Waals surface area contributed by atoms with Crippen molar-refractivity contribution in [2.24, 2.45) is 11.5 Å². The summed E-state index contributed by atoms with van der Waals surface area (Å²) in [6, 6.07) is -0.362. The predicted octanol–water partition coefficient (Wildman–Crippen LogP) is 0.121. The van der Waals surface area contributed by atoms with Gasteiger partial charge in [-0.05, 0) is 0 Å². The van der Waals surface area contributed by atoms with Crippen LogP contribution in [0.4, 0.5) is 0 Å². The Hall–Kier alpha value is -2.11. The first kappa shape index (κ1) is 13.3. The van der Waals surface area contributed by atoms with E-state index in [1.54, 1.807) is 24.8 Å². The Kier molecular flexibility index (Phi) is 1.63. The SMILES string of the molecule is N#[C][Fe]1([C]#N)([C]#N)([C]#N)([C]#N)[CH]2CC(N)CC[C]21N. The maximum atomic E-state index is 9.69. The van der Waals surface area contributed by atoms with Crippen LogP contribution in [0.15, 0.2) is 0 Å². The third kappa shape index (κ3) is 0.593. The van der Waals surface area contributed by atoms with Gasteiger partial charge in [0.05, 0.1) is 0 Å². The van der Waals surface area contributed by atoms with Crippen molar-refractivity contribution in [3.63, 3.8) is 0 Å². The Labute approximate surface area is 107 Å². The molecule has 2 fully saturated rings. The summed E-state index contributed by atoms with van der Waals surface area (Å²) in [5.41, 5.74) is 11.9. The summed E-state index contributed by atoms with van der Waals surface area (Å²) in [5.74, 6) is 0. The van der Waals surface area contributed by atoms with E-state index >= 15 is 0 Å². The number of hydrogen-bond acceptors (Lipinski definition) is 7. The molecule has 0 aromatic heterocycles. The molecular weight excluding hydrogens is 286 g/mol. The van der Waals surface area contributed by atoms with Crippen LogP contribution >= 0.6 is 0 Å². The van der Waals surface area contributed by atoms with E-state index in [0.29, 0.717) is 6.42 Å². The quantitative estimate of drug-likeness (QED) is 0.597. The van der Waals surface area contributed by atoms with Gasteiger partial charge in [-0.15, -0.1) is 0 Å². The first-order valence-corrected chi connectivity index (χ1v) is 9.32. The van der Waals surface area contributed by atoms with Crippen LogP contribution in [0.5, 0.6) is 0 Å². The monoisotopic (exact) mass is 298 g/mol. The summed E-state index contributed by atoms with van der Waals surface area (Å²) >= 11 is 0. The molecule has 3 unspecified atom stereocenters.